The largest absolute Gasteiger partial charge is 0.307 e. The van der Waals surface area contributed by atoms with E-state index in [2.05, 4.69) is 9.68 Å². The summed E-state index contributed by atoms with van der Waals surface area (Å²) in [6.45, 7) is 0. The van der Waals surface area contributed by atoms with Gasteiger partial charge in [0.15, 0.2) is 0 Å². The predicted molar refractivity (Wildman–Crippen MR) is 59.9 cm³/mol. The molecule has 0 saturated heterocycles. The predicted octanol–water partition coefficient (Wildman–Crippen LogP) is 0.569. The SMILES string of the molecule is N#CSCC(O[N+](=O)[O-])C(CSC#N)O[N+](=O)[O-]. The minimum Gasteiger partial charge on any atom is -0.307 e. The summed E-state index contributed by atoms with van der Waals surface area (Å²) in [5.41, 5.74) is 0. The van der Waals surface area contributed by atoms with Gasteiger partial charge in [0.1, 0.15) is 23.0 Å². The summed E-state index contributed by atoms with van der Waals surface area (Å²) in [6, 6.07) is 0. The summed E-state index contributed by atoms with van der Waals surface area (Å²) >= 11 is 1.26. The van der Waals surface area contributed by atoms with Crippen LogP contribution in [0.25, 0.3) is 0 Å². The van der Waals surface area contributed by atoms with Gasteiger partial charge in [-0.15, -0.1) is 20.2 Å². The lowest BCUT2D eigenvalue weighted by atomic mass is 10.2. The van der Waals surface area contributed by atoms with Gasteiger partial charge < -0.3 is 9.68 Å². The van der Waals surface area contributed by atoms with Gasteiger partial charge in [0.25, 0.3) is 10.2 Å². The van der Waals surface area contributed by atoms with Crippen molar-refractivity contribution in [3.05, 3.63) is 20.2 Å². The lowest BCUT2D eigenvalue weighted by Gasteiger charge is -2.21. The van der Waals surface area contributed by atoms with E-state index >= 15 is 0 Å². The highest BCUT2D eigenvalue weighted by atomic mass is 32.2. The second-order valence-corrected chi connectivity index (χ2v) is 4.15. The molecule has 98 valence electrons. The Bertz CT molecular complexity index is 343. The van der Waals surface area contributed by atoms with Crippen molar-refractivity contribution < 1.29 is 19.8 Å². The highest BCUT2D eigenvalue weighted by molar-refractivity contribution is 8.04. The van der Waals surface area contributed by atoms with Crippen LogP contribution in [0.1, 0.15) is 0 Å². The molecule has 0 heterocycles. The Morgan fingerprint density at radius 3 is 1.56 bits per heavy atom. The topological polar surface area (TPSA) is 152 Å². The van der Waals surface area contributed by atoms with Gasteiger partial charge in [-0.1, -0.05) is 0 Å². The summed E-state index contributed by atoms with van der Waals surface area (Å²) in [7, 11) is 0. The van der Waals surface area contributed by atoms with Crippen LogP contribution in [-0.4, -0.2) is 33.9 Å². The zero-order valence-electron chi connectivity index (χ0n) is 8.62. The molecule has 0 fully saturated rings. The maximum Gasteiger partial charge on any atom is 0.294 e. The first-order valence-electron chi connectivity index (χ1n) is 4.15. The minimum atomic E-state index is -1.31. The summed E-state index contributed by atoms with van der Waals surface area (Å²) in [5.74, 6) is -0.385. The van der Waals surface area contributed by atoms with Gasteiger partial charge in [-0.05, 0) is 23.5 Å². The molecule has 0 aliphatic carbocycles. The lowest BCUT2D eigenvalue weighted by molar-refractivity contribution is -0.796. The zero-order valence-corrected chi connectivity index (χ0v) is 10.3. The van der Waals surface area contributed by atoms with E-state index in [1.54, 1.807) is 10.8 Å². The van der Waals surface area contributed by atoms with Gasteiger partial charge in [0.05, 0.1) is 0 Å². The van der Waals surface area contributed by atoms with Crippen molar-refractivity contribution in [2.45, 2.75) is 12.2 Å². The Labute approximate surface area is 109 Å². The van der Waals surface area contributed by atoms with E-state index in [1.165, 1.54) is 0 Å². The Morgan fingerprint density at radius 2 is 1.33 bits per heavy atom. The van der Waals surface area contributed by atoms with Gasteiger partial charge in [-0.3, -0.25) is 0 Å². The number of thiocyanates is 2. The number of nitriles is 2. The fourth-order valence-electron chi connectivity index (χ4n) is 0.871. The average Bonchev–Trinajstić information content (AvgIpc) is 2.29. The van der Waals surface area contributed by atoms with Crippen LogP contribution in [0, 0.1) is 41.6 Å². The molecule has 0 N–H and O–H groups in total. The first-order chi connectivity index (χ1) is 8.51. The van der Waals surface area contributed by atoms with Crippen molar-refractivity contribution >= 4 is 23.5 Å². The van der Waals surface area contributed by atoms with Gasteiger partial charge in [-0.25, -0.2) is 0 Å². The normalized spacial score (nSPS) is 12.6. The third kappa shape index (κ3) is 7.37. The second kappa shape index (κ2) is 9.15. The van der Waals surface area contributed by atoms with Crippen LogP contribution in [0.15, 0.2) is 0 Å². The van der Waals surface area contributed by atoms with Crippen molar-refractivity contribution in [1.82, 2.24) is 0 Å². The lowest BCUT2D eigenvalue weighted by Crippen LogP contribution is -2.38. The molecule has 10 nitrogen and oxygen atoms in total. The van der Waals surface area contributed by atoms with E-state index in [1.807, 2.05) is 0 Å². The quantitative estimate of drug-likeness (QED) is 0.335. The summed E-state index contributed by atoms with van der Waals surface area (Å²) < 4.78 is 0. The summed E-state index contributed by atoms with van der Waals surface area (Å²) in [6.07, 6.45) is -2.62. The van der Waals surface area contributed by atoms with Crippen LogP contribution < -0.4 is 0 Å². The maximum absolute atomic E-state index is 10.2. The van der Waals surface area contributed by atoms with Crippen molar-refractivity contribution in [2.75, 3.05) is 11.5 Å². The zero-order chi connectivity index (χ0) is 14.0. The third-order valence-corrected chi connectivity index (χ3v) is 2.73. The van der Waals surface area contributed by atoms with Crippen LogP contribution in [-0.2, 0) is 9.68 Å². The smallest absolute Gasteiger partial charge is 0.294 e. The van der Waals surface area contributed by atoms with E-state index < -0.39 is 22.4 Å². The standard InChI is InChI=1S/C6H6N4O6S2/c7-3-17-1-5(15-9(11)12)6(2-18-4-8)16-10(13)14/h5-6H,1-2H2. The molecular formula is C6H6N4O6S2. The third-order valence-electron chi connectivity index (χ3n) is 1.48. The van der Waals surface area contributed by atoms with Crippen LogP contribution in [0.5, 0.6) is 0 Å². The summed E-state index contributed by atoms with van der Waals surface area (Å²) in [5, 5.41) is 38.2. The highest BCUT2D eigenvalue weighted by Crippen LogP contribution is 2.15. The van der Waals surface area contributed by atoms with Crippen molar-refractivity contribution in [2.24, 2.45) is 0 Å². The molecule has 0 rings (SSSR count). The number of nitrogens with zero attached hydrogens (tertiary/aromatic N) is 4. The van der Waals surface area contributed by atoms with Crippen molar-refractivity contribution in [1.29, 1.82) is 10.5 Å². The molecule has 0 spiro atoms. The van der Waals surface area contributed by atoms with Gasteiger partial charge in [0.2, 0.25) is 0 Å². The molecule has 0 aliphatic rings. The first kappa shape index (κ1) is 16.1. The van der Waals surface area contributed by atoms with Gasteiger partial charge >= 0.3 is 0 Å². The highest BCUT2D eigenvalue weighted by Gasteiger charge is 2.29. The Morgan fingerprint density at radius 1 is 1.00 bits per heavy atom. The fraction of sp³-hybridized carbons (Fsp3) is 0.667. The summed E-state index contributed by atoms with van der Waals surface area (Å²) in [4.78, 5) is 28.9. The molecule has 0 bridgehead atoms. The van der Waals surface area contributed by atoms with Gasteiger partial charge in [-0.2, -0.15) is 10.5 Å². The molecule has 12 heteroatoms. The number of hydrogen-bond acceptors (Lipinski definition) is 10. The molecule has 2 unspecified atom stereocenters. The first-order valence-corrected chi connectivity index (χ1v) is 6.12. The van der Waals surface area contributed by atoms with Crippen LogP contribution in [0.4, 0.5) is 0 Å². The fourth-order valence-corrected chi connectivity index (χ4v) is 1.90. The van der Waals surface area contributed by atoms with Crippen LogP contribution in [0.2, 0.25) is 0 Å². The van der Waals surface area contributed by atoms with Crippen molar-refractivity contribution in [3.8, 4) is 10.8 Å². The second-order valence-electron chi connectivity index (χ2n) is 2.54. The van der Waals surface area contributed by atoms with E-state index in [0.29, 0.717) is 23.5 Å². The van der Waals surface area contributed by atoms with Crippen LogP contribution in [0.3, 0.4) is 0 Å². The monoisotopic (exact) mass is 294 g/mol. The van der Waals surface area contributed by atoms with Crippen LogP contribution >= 0.6 is 23.5 Å². The van der Waals surface area contributed by atoms with E-state index in [0.717, 1.165) is 0 Å². The van der Waals surface area contributed by atoms with E-state index in [9.17, 15) is 20.2 Å². The minimum absolute atomic E-state index is 0.192. The molecule has 0 aliphatic heterocycles. The number of hydrogen-bond donors (Lipinski definition) is 0. The molecule has 0 aromatic rings. The molecule has 2 atom stereocenters. The maximum atomic E-state index is 10.2. The number of rotatable bonds is 9. The molecule has 0 aromatic heterocycles. The molecular weight excluding hydrogens is 288 g/mol. The van der Waals surface area contributed by atoms with E-state index in [4.69, 9.17) is 10.5 Å². The molecule has 0 aromatic carbocycles. The molecule has 0 saturated carbocycles. The molecule has 0 radical (unpaired) electrons. The molecule has 0 amide bonds. The Hall–Kier alpha value is -1.92. The Balaban J connectivity index is 4.69. The Kier molecular flexibility index (Phi) is 8.17. The van der Waals surface area contributed by atoms with Crippen molar-refractivity contribution in [3.63, 3.8) is 0 Å². The van der Waals surface area contributed by atoms with E-state index in [-0.39, 0.29) is 11.5 Å². The number of thioether (sulfide) groups is 2. The molecule has 18 heavy (non-hydrogen) atoms. The van der Waals surface area contributed by atoms with Gasteiger partial charge in [0, 0.05) is 11.5 Å². The average molecular weight is 294 g/mol.